The van der Waals surface area contributed by atoms with Gasteiger partial charge in [-0.3, -0.25) is 0 Å². The fourth-order valence-electron chi connectivity index (χ4n) is 4.21. The zero-order valence-corrected chi connectivity index (χ0v) is 22.3. The predicted octanol–water partition coefficient (Wildman–Crippen LogP) is 7.07. The van der Waals surface area contributed by atoms with Crippen LogP contribution in [0, 0.1) is 18.3 Å². The molecular formula is C27H18BrClN2O4S. The van der Waals surface area contributed by atoms with Gasteiger partial charge in [0, 0.05) is 31.8 Å². The third-order valence-corrected chi connectivity index (χ3v) is 8.00. The molecule has 2 N–H and O–H groups in total. The van der Waals surface area contributed by atoms with Crippen molar-refractivity contribution in [2.75, 3.05) is 7.11 Å². The van der Waals surface area contributed by atoms with E-state index >= 15 is 0 Å². The summed E-state index contributed by atoms with van der Waals surface area (Å²) >= 11 is 11.3. The van der Waals surface area contributed by atoms with Gasteiger partial charge in [0.15, 0.2) is 0 Å². The lowest BCUT2D eigenvalue weighted by atomic mass is 9.83. The summed E-state index contributed by atoms with van der Waals surface area (Å²) in [6.45, 7) is 1.98. The lowest BCUT2D eigenvalue weighted by Crippen LogP contribution is -2.21. The van der Waals surface area contributed by atoms with Crippen LogP contribution < -0.4 is 19.9 Å². The molecule has 1 aliphatic rings. The van der Waals surface area contributed by atoms with E-state index < -0.39 is 11.9 Å². The van der Waals surface area contributed by atoms with Gasteiger partial charge < -0.3 is 19.9 Å². The Morgan fingerprint density at radius 2 is 1.97 bits per heavy atom. The molecule has 2 heterocycles. The van der Waals surface area contributed by atoms with Crippen molar-refractivity contribution in [1.82, 2.24) is 0 Å². The van der Waals surface area contributed by atoms with Crippen LogP contribution in [0.3, 0.4) is 0 Å². The molecule has 0 saturated heterocycles. The van der Waals surface area contributed by atoms with Crippen LogP contribution >= 0.6 is 38.9 Å². The second kappa shape index (κ2) is 9.51. The van der Waals surface area contributed by atoms with E-state index in [0.29, 0.717) is 27.0 Å². The molecule has 0 fully saturated rings. The number of thiophene rings is 1. The first-order chi connectivity index (χ1) is 17.3. The van der Waals surface area contributed by atoms with Crippen molar-refractivity contribution >= 4 is 54.9 Å². The number of hydrogen-bond acceptors (Lipinski definition) is 7. The van der Waals surface area contributed by atoms with Crippen molar-refractivity contribution in [2.45, 2.75) is 12.8 Å². The summed E-state index contributed by atoms with van der Waals surface area (Å²) < 4.78 is 18.7. The summed E-state index contributed by atoms with van der Waals surface area (Å²) in [6, 6.07) is 18.5. The number of fused-ring (bicyclic) bond motifs is 2. The minimum absolute atomic E-state index is 0.0246. The Labute approximate surface area is 224 Å². The summed E-state index contributed by atoms with van der Waals surface area (Å²) in [6.07, 6.45) is 0. The fourth-order valence-corrected chi connectivity index (χ4v) is 6.07. The molecule has 180 valence electrons. The summed E-state index contributed by atoms with van der Waals surface area (Å²) in [5.74, 6) is 0.112. The fraction of sp³-hybridized carbons (Fsp3) is 0.111. The van der Waals surface area contributed by atoms with Gasteiger partial charge in [-0.15, -0.1) is 11.3 Å². The van der Waals surface area contributed by atoms with E-state index in [0.717, 1.165) is 25.7 Å². The Bertz CT molecular complexity index is 1620. The predicted molar refractivity (Wildman–Crippen MR) is 143 cm³/mol. The first kappa shape index (κ1) is 24.2. The van der Waals surface area contributed by atoms with Gasteiger partial charge in [-0.25, -0.2) is 4.79 Å². The number of nitriles is 1. The molecule has 0 spiro atoms. The summed E-state index contributed by atoms with van der Waals surface area (Å²) in [5, 5.41) is 11.0. The molecule has 0 saturated carbocycles. The van der Waals surface area contributed by atoms with Gasteiger partial charge >= 0.3 is 5.97 Å². The van der Waals surface area contributed by atoms with E-state index in [-0.39, 0.29) is 17.2 Å². The molecule has 9 heteroatoms. The maximum atomic E-state index is 13.0. The normalized spacial score (nSPS) is 14.7. The number of esters is 1. The van der Waals surface area contributed by atoms with E-state index in [1.165, 1.54) is 11.3 Å². The summed E-state index contributed by atoms with van der Waals surface area (Å²) in [4.78, 5) is 13.3. The Hall–Kier alpha value is -3.51. The minimum Gasteiger partial charge on any atom is -0.496 e. The number of halogens is 2. The maximum absolute atomic E-state index is 13.0. The number of hydrogen-bond donors (Lipinski definition) is 1. The number of rotatable bonds is 4. The summed E-state index contributed by atoms with van der Waals surface area (Å²) in [7, 11) is 1.56. The van der Waals surface area contributed by atoms with Crippen LogP contribution in [-0.2, 0) is 0 Å². The van der Waals surface area contributed by atoms with Crippen molar-refractivity contribution in [2.24, 2.45) is 5.73 Å². The highest BCUT2D eigenvalue weighted by atomic mass is 79.9. The Balaban J connectivity index is 1.52. The lowest BCUT2D eigenvalue weighted by molar-refractivity contribution is 0.0740. The molecule has 5 rings (SSSR count). The Morgan fingerprint density at radius 3 is 2.72 bits per heavy atom. The molecule has 0 radical (unpaired) electrons. The number of carbonyl (C=O) groups is 1. The van der Waals surface area contributed by atoms with Gasteiger partial charge in [-0.1, -0.05) is 45.7 Å². The van der Waals surface area contributed by atoms with Gasteiger partial charge in [-0.05, 0) is 42.8 Å². The minimum atomic E-state index is -0.568. The molecular weight excluding hydrogens is 564 g/mol. The molecule has 1 atom stereocenters. The highest BCUT2D eigenvalue weighted by Crippen LogP contribution is 2.46. The van der Waals surface area contributed by atoms with Crippen molar-refractivity contribution in [3.8, 4) is 23.3 Å². The molecule has 0 bridgehead atoms. The van der Waals surface area contributed by atoms with Crippen LogP contribution in [0.2, 0.25) is 5.02 Å². The quantitative estimate of drug-likeness (QED) is 0.205. The number of ether oxygens (including phenoxy) is 3. The molecule has 0 aliphatic carbocycles. The molecule has 1 unspecified atom stereocenters. The topological polar surface area (TPSA) is 94.6 Å². The standard InChI is InChI=1S/C27H18BrClN2O4S/c1-13-3-6-17-22(9-13)36-25(24(17)29)27(32)34-15-5-7-16-21(11-15)35-26(31)19(12-30)23(16)18-10-14(28)4-8-20(18)33-2/h3-11,23H,31H2,1-2H3. The van der Waals surface area contributed by atoms with Crippen LogP contribution in [0.15, 0.2) is 70.5 Å². The van der Waals surface area contributed by atoms with Crippen LogP contribution in [0.4, 0.5) is 0 Å². The number of nitrogens with two attached hydrogens (primary N) is 1. The van der Waals surface area contributed by atoms with Gasteiger partial charge in [-0.2, -0.15) is 5.26 Å². The molecule has 4 aromatic rings. The zero-order chi connectivity index (χ0) is 25.6. The van der Waals surface area contributed by atoms with Crippen LogP contribution in [0.5, 0.6) is 17.2 Å². The Kier molecular flexibility index (Phi) is 6.39. The van der Waals surface area contributed by atoms with E-state index in [4.69, 9.17) is 31.5 Å². The number of methoxy groups -OCH3 is 1. The molecule has 36 heavy (non-hydrogen) atoms. The van der Waals surface area contributed by atoms with Gasteiger partial charge in [0.25, 0.3) is 0 Å². The smallest absolute Gasteiger partial charge is 0.355 e. The second-order valence-electron chi connectivity index (χ2n) is 8.15. The SMILES string of the molecule is COc1ccc(Br)cc1C1C(C#N)=C(N)Oc2cc(OC(=O)c3sc4cc(C)ccc4c3Cl)ccc21. The molecule has 1 aromatic heterocycles. The highest BCUT2D eigenvalue weighted by Gasteiger charge is 2.33. The molecule has 1 aliphatic heterocycles. The first-order valence-corrected chi connectivity index (χ1v) is 12.7. The number of aryl methyl sites for hydroxylation is 1. The maximum Gasteiger partial charge on any atom is 0.355 e. The number of allylic oxidation sites excluding steroid dienone is 1. The first-order valence-electron chi connectivity index (χ1n) is 10.8. The number of benzene rings is 3. The average molecular weight is 582 g/mol. The second-order valence-corrected chi connectivity index (χ2v) is 10.5. The van der Waals surface area contributed by atoms with Crippen molar-refractivity contribution in [3.05, 3.63) is 97.1 Å². The largest absolute Gasteiger partial charge is 0.496 e. The average Bonchev–Trinajstić information content (AvgIpc) is 3.18. The van der Waals surface area contributed by atoms with E-state index in [2.05, 4.69) is 22.0 Å². The highest BCUT2D eigenvalue weighted by molar-refractivity contribution is 9.10. The van der Waals surface area contributed by atoms with Gasteiger partial charge in [0.1, 0.15) is 33.8 Å². The monoisotopic (exact) mass is 580 g/mol. The number of carbonyl (C=O) groups excluding carboxylic acids is 1. The van der Waals surface area contributed by atoms with Gasteiger partial charge in [0.2, 0.25) is 5.88 Å². The third-order valence-electron chi connectivity index (χ3n) is 5.87. The van der Waals surface area contributed by atoms with E-state index in [1.807, 2.05) is 43.3 Å². The summed E-state index contributed by atoms with van der Waals surface area (Å²) in [5.41, 5.74) is 8.90. The molecule has 3 aromatic carbocycles. The van der Waals surface area contributed by atoms with Crippen molar-refractivity contribution in [1.29, 1.82) is 5.26 Å². The van der Waals surface area contributed by atoms with Crippen LogP contribution in [-0.4, -0.2) is 13.1 Å². The number of nitrogens with zero attached hydrogens (tertiary/aromatic N) is 1. The lowest BCUT2D eigenvalue weighted by Gasteiger charge is -2.27. The van der Waals surface area contributed by atoms with Crippen LogP contribution in [0.1, 0.15) is 32.3 Å². The van der Waals surface area contributed by atoms with Crippen molar-refractivity contribution in [3.63, 3.8) is 0 Å². The Morgan fingerprint density at radius 1 is 1.17 bits per heavy atom. The molecule has 6 nitrogen and oxygen atoms in total. The van der Waals surface area contributed by atoms with Crippen LogP contribution in [0.25, 0.3) is 10.1 Å². The molecule has 0 amide bonds. The third kappa shape index (κ3) is 4.20. The van der Waals surface area contributed by atoms with E-state index in [9.17, 15) is 10.1 Å². The van der Waals surface area contributed by atoms with Gasteiger partial charge in [0.05, 0.1) is 18.1 Å². The van der Waals surface area contributed by atoms with Crippen molar-refractivity contribution < 1.29 is 19.0 Å². The zero-order valence-electron chi connectivity index (χ0n) is 19.1. The van der Waals surface area contributed by atoms with E-state index in [1.54, 1.807) is 25.3 Å².